The molecule has 0 N–H and O–H groups in total. The molecule has 0 nitrogen and oxygen atoms in total. The van der Waals surface area contributed by atoms with Crippen LogP contribution in [0.4, 0.5) is 0 Å². The second kappa shape index (κ2) is 11.4. The van der Waals surface area contributed by atoms with Crippen LogP contribution in [0.1, 0.15) is 59.8 Å². The zero-order valence-electron chi connectivity index (χ0n) is 16.1. The zero-order chi connectivity index (χ0) is 16.3. The molecule has 134 valence electrons. The number of allylic oxidation sites excluding steroid dienone is 8. The molecule has 0 aromatic rings. The fourth-order valence-electron chi connectivity index (χ4n) is 4.43. The molecule has 0 saturated carbocycles. The largest absolute Gasteiger partial charge is 1.00 e. The Kier molecular flexibility index (Phi) is 11.7. The van der Waals surface area contributed by atoms with Gasteiger partial charge in [-0.15, -0.1) is 0 Å². The summed E-state index contributed by atoms with van der Waals surface area (Å²) in [7, 11) is 0. The van der Waals surface area contributed by atoms with E-state index in [9.17, 15) is 0 Å². The Hall–Kier alpha value is 0.640. The van der Waals surface area contributed by atoms with Gasteiger partial charge in [-0.25, -0.2) is 0 Å². The Bertz CT molecular complexity index is 605. The smallest absolute Gasteiger partial charge is 1.00 e. The van der Waals surface area contributed by atoms with Gasteiger partial charge >= 0.3 is 146 Å². The Morgan fingerprint density at radius 3 is 2.00 bits per heavy atom. The normalized spacial score (nSPS) is 18.9. The van der Waals surface area contributed by atoms with E-state index < -0.39 is 20.4 Å². The summed E-state index contributed by atoms with van der Waals surface area (Å²) in [5.41, 5.74) is 5.21. The molecule has 0 radical (unpaired) electrons. The fraction of sp³-hybridized carbons (Fsp3) is 0.600. The molecule has 0 spiro atoms. The molecule has 0 bridgehead atoms. The molecule has 1 atom stereocenters. The summed E-state index contributed by atoms with van der Waals surface area (Å²) in [5, 5.41) is 0. The molecule has 2 aliphatic rings. The van der Waals surface area contributed by atoms with Gasteiger partial charge in [-0.2, -0.15) is 0 Å². The summed E-state index contributed by atoms with van der Waals surface area (Å²) in [5.74, 6) is 0.811. The molecule has 0 aromatic heterocycles. The molecule has 1 unspecified atom stereocenters. The van der Waals surface area contributed by atoms with Crippen molar-refractivity contribution in [3.63, 3.8) is 0 Å². The fourth-order valence-corrected chi connectivity index (χ4v) is 23.0. The van der Waals surface area contributed by atoms with E-state index in [1.807, 2.05) is 17.7 Å². The van der Waals surface area contributed by atoms with E-state index in [1.165, 1.54) is 32.1 Å². The molecule has 0 saturated heterocycles. The molecule has 4 heteroatoms. The number of rotatable bonds is 6. The van der Waals surface area contributed by atoms with Crippen molar-refractivity contribution in [3.8, 4) is 0 Å². The van der Waals surface area contributed by atoms with Crippen LogP contribution in [0.15, 0.2) is 41.5 Å². The predicted octanol–water partition coefficient (Wildman–Crippen LogP) is 0.528. The molecule has 0 fully saturated rings. The molecule has 2 rings (SSSR count). The first-order chi connectivity index (χ1) is 10.6. The average Bonchev–Trinajstić information content (AvgIpc) is 3.12. The molecule has 2 aliphatic carbocycles. The summed E-state index contributed by atoms with van der Waals surface area (Å²) < 4.78 is 3.91. The monoisotopic (exact) mass is 460 g/mol. The third-order valence-electron chi connectivity index (χ3n) is 5.20. The molecule has 0 aromatic carbocycles. The quantitative estimate of drug-likeness (QED) is 0.505. The molecule has 24 heavy (non-hydrogen) atoms. The summed E-state index contributed by atoms with van der Waals surface area (Å²) >= 11 is -1.62. The van der Waals surface area contributed by atoms with Crippen LogP contribution in [0, 0.1) is 5.92 Å². The number of hydrogen-bond donors (Lipinski definition) is 0. The topological polar surface area (TPSA) is 0 Å². The minimum atomic E-state index is -1.62. The number of halogens is 2. The molecule has 0 heterocycles. The van der Waals surface area contributed by atoms with Crippen LogP contribution in [0.5, 0.6) is 0 Å². The first-order valence-corrected chi connectivity index (χ1v) is 17.7. The van der Waals surface area contributed by atoms with Gasteiger partial charge in [0.25, 0.3) is 0 Å². The van der Waals surface area contributed by atoms with Crippen LogP contribution in [0.3, 0.4) is 0 Å². The minimum absolute atomic E-state index is 0. The van der Waals surface area contributed by atoms with Gasteiger partial charge in [0.15, 0.2) is 0 Å². The van der Waals surface area contributed by atoms with E-state index in [2.05, 4.69) is 59.0 Å². The van der Waals surface area contributed by atoms with Crippen molar-refractivity contribution in [1.29, 1.82) is 0 Å². The van der Waals surface area contributed by atoms with Crippen molar-refractivity contribution < 1.29 is 45.2 Å². The van der Waals surface area contributed by atoms with Gasteiger partial charge in [-0.1, -0.05) is 0 Å². The van der Waals surface area contributed by atoms with Crippen molar-refractivity contribution in [3.05, 3.63) is 41.5 Å². The summed E-state index contributed by atoms with van der Waals surface area (Å²) in [4.78, 5) is 0. The van der Waals surface area contributed by atoms with Crippen LogP contribution < -0.4 is 24.8 Å². The third-order valence-corrected chi connectivity index (χ3v) is 22.5. The van der Waals surface area contributed by atoms with Crippen molar-refractivity contribution >= 4 is 5.43 Å². The summed E-state index contributed by atoms with van der Waals surface area (Å²) in [6.45, 7) is 14.8. The predicted molar refractivity (Wildman–Crippen MR) is 98.0 cm³/mol. The maximum absolute atomic E-state index is 2.60. The van der Waals surface area contributed by atoms with Gasteiger partial charge in [0.2, 0.25) is 0 Å². The van der Waals surface area contributed by atoms with Crippen LogP contribution in [-0.2, 0) is 20.4 Å². The van der Waals surface area contributed by atoms with Crippen molar-refractivity contribution in [2.75, 3.05) is 0 Å². The van der Waals surface area contributed by atoms with Gasteiger partial charge in [-0.05, 0) is 0 Å². The number of hydrogen-bond acceptors (Lipinski definition) is 0. The molecular formula is C20H32Cl2SiZr. The molecular weight excluding hydrogens is 430 g/mol. The maximum Gasteiger partial charge on any atom is -1.00 e. The second-order valence-corrected chi connectivity index (χ2v) is 23.7. The van der Waals surface area contributed by atoms with E-state index in [1.54, 1.807) is 5.57 Å². The van der Waals surface area contributed by atoms with Gasteiger partial charge in [-0.3, -0.25) is 0 Å². The molecule has 0 aliphatic heterocycles. The van der Waals surface area contributed by atoms with Crippen LogP contribution >= 0.6 is 0 Å². The van der Waals surface area contributed by atoms with Gasteiger partial charge < -0.3 is 24.8 Å². The zero-order valence-corrected chi connectivity index (χ0v) is 21.1. The van der Waals surface area contributed by atoms with Gasteiger partial charge in [0.05, 0.1) is 0 Å². The Labute approximate surface area is 170 Å². The molecule has 0 amide bonds. The van der Waals surface area contributed by atoms with Crippen molar-refractivity contribution in [1.82, 2.24) is 0 Å². The minimum Gasteiger partial charge on any atom is -1.00 e. The summed E-state index contributed by atoms with van der Waals surface area (Å²) in [6.07, 6.45) is 13.6. The van der Waals surface area contributed by atoms with E-state index in [0.29, 0.717) is 0 Å². The Morgan fingerprint density at radius 2 is 1.62 bits per heavy atom. The first-order valence-electron chi connectivity index (χ1n) is 9.09. The van der Waals surface area contributed by atoms with E-state index in [-0.39, 0.29) is 30.2 Å². The van der Waals surface area contributed by atoms with Crippen LogP contribution in [0.25, 0.3) is 0 Å². The van der Waals surface area contributed by atoms with Crippen LogP contribution in [0.2, 0.25) is 13.1 Å². The summed E-state index contributed by atoms with van der Waals surface area (Å²) in [6, 6.07) is 0. The van der Waals surface area contributed by atoms with E-state index in [0.717, 1.165) is 5.92 Å². The average molecular weight is 463 g/mol. The second-order valence-electron chi connectivity index (χ2n) is 6.62. The maximum atomic E-state index is 2.60. The third kappa shape index (κ3) is 4.67. The Morgan fingerprint density at radius 1 is 1.00 bits per heavy atom. The Balaban J connectivity index is 0.00000264. The first kappa shape index (κ1) is 24.6. The van der Waals surface area contributed by atoms with Crippen molar-refractivity contribution in [2.45, 2.75) is 72.9 Å². The van der Waals surface area contributed by atoms with Crippen LogP contribution in [-0.4, -0.2) is 5.43 Å². The van der Waals surface area contributed by atoms with Gasteiger partial charge in [0.1, 0.15) is 0 Å². The van der Waals surface area contributed by atoms with Gasteiger partial charge in [0, 0.05) is 0 Å². The van der Waals surface area contributed by atoms with E-state index >= 15 is 0 Å². The van der Waals surface area contributed by atoms with Crippen molar-refractivity contribution in [2.24, 2.45) is 5.92 Å². The standard InChI is InChI=1S/C13H21.C5H5.C2H6Si.2ClH.Zr/c1-5-10-9-11(6-2)13(8-4)12(10)7-3;1-2-4-5-3-1;1-3-2;;;/h10H,5-8H2,1-4H3;1-3H,4H2;1-2H3;2*1H;/q;;;;;+2/p-2. The SMILES string of the molecule is CCC1=C(CC)C(CC)[C]([Zr+2]([C]2=CC=CC2)=[Si](C)C)=C1CC.[Cl-].[Cl-]. The van der Waals surface area contributed by atoms with E-state index in [4.69, 9.17) is 0 Å².